The van der Waals surface area contributed by atoms with E-state index in [1.165, 1.54) is 0 Å². The van der Waals surface area contributed by atoms with E-state index in [-0.39, 0.29) is 0 Å². The van der Waals surface area contributed by atoms with E-state index >= 15 is 0 Å². The quantitative estimate of drug-likeness (QED) is 0.919. The van der Waals surface area contributed by atoms with Crippen LogP contribution in [0.3, 0.4) is 0 Å². The minimum Gasteiger partial charge on any atom is -0.381 e. The van der Waals surface area contributed by atoms with Crippen molar-refractivity contribution < 1.29 is 14.0 Å². The minimum absolute atomic E-state index is 0.407. The third-order valence-corrected chi connectivity index (χ3v) is 5.12. The van der Waals surface area contributed by atoms with Crippen LogP contribution in [0.1, 0.15) is 57.2 Å². The third-order valence-electron chi connectivity index (χ3n) is 5.12. The highest BCUT2D eigenvalue weighted by molar-refractivity contribution is 5.09. The van der Waals surface area contributed by atoms with Crippen LogP contribution in [0, 0.1) is 5.92 Å². The Labute approximate surface area is 125 Å². The molecule has 1 aliphatic carbocycles. The lowest BCUT2D eigenvalue weighted by Crippen LogP contribution is -2.42. The molecule has 2 aliphatic rings. The van der Waals surface area contributed by atoms with Gasteiger partial charge in [-0.3, -0.25) is 0 Å². The number of nitrogens with zero attached hydrogens (tertiary/aromatic N) is 2. The molecule has 1 aromatic heterocycles. The molecule has 2 N–H and O–H groups in total. The van der Waals surface area contributed by atoms with E-state index < -0.39 is 11.1 Å². The molecule has 21 heavy (non-hydrogen) atoms. The Kier molecular flexibility index (Phi) is 4.03. The second-order valence-electron chi connectivity index (χ2n) is 6.57. The normalized spacial score (nSPS) is 33.0. The molecular formula is C15H25N3O3. The molecule has 2 heterocycles. The first kappa shape index (κ1) is 14.9. The number of aromatic nitrogens is 2. The summed E-state index contributed by atoms with van der Waals surface area (Å²) in [6.45, 7) is 3.56. The molecule has 0 aromatic carbocycles. The molecule has 6 heteroatoms. The summed E-state index contributed by atoms with van der Waals surface area (Å²) in [7, 11) is 1.73. The van der Waals surface area contributed by atoms with Crippen molar-refractivity contribution in [3.63, 3.8) is 0 Å². The smallest absolute Gasteiger partial charge is 0.247 e. The van der Waals surface area contributed by atoms with Gasteiger partial charge in [0.15, 0.2) is 0 Å². The summed E-state index contributed by atoms with van der Waals surface area (Å²) in [5, 5.41) is 4.20. The minimum atomic E-state index is -0.555. The van der Waals surface area contributed by atoms with Crippen LogP contribution in [0.5, 0.6) is 0 Å². The van der Waals surface area contributed by atoms with Crippen LogP contribution in [-0.2, 0) is 20.6 Å². The molecule has 0 amide bonds. The van der Waals surface area contributed by atoms with E-state index in [9.17, 15) is 0 Å². The SMILES string of the molecule is COC1(c2noc(C3(N)CCOCC3)n2)CCC(C)CC1. The van der Waals surface area contributed by atoms with Crippen molar-refractivity contribution in [2.24, 2.45) is 11.7 Å². The summed E-state index contributed by atoms with van der Waals surface area (Å²) >= 11 is 0. The van der Waals surface area contributed by atoms with Gasteiger partial charge < -0.3 is 19.7 Å². The van der Waals surface area contributed by atoms with Crippen molar-refractivity contribution in [3.05, 3.63) is 11.7 Å². The zero-order chi connectivity index (χ0) is 14.9. The molecule has 1 saturated carbocycles. The average Bonchev–Trinajstić information content (AvgIpc) is 3.01. The fourth-order valence-electron chi connectivity index (χ4n) is 3.31. The van der Waals surface area contributed by atoms with Crippen LogP contribution in [0.25, 0.3) is 0 Å². The monoisotopic (exact) mass is 295 g/mol. The Morgan fingerprint density at radius 1 is 1.19 bits per heavy atom. The maximum atomic E-state index is 6.41. The topological polar surface area (TPSA) is 83.4 Å². The van der Waals surface area contributed by atoms with Gasteiger partial charge in [0, 0.05) is 20.3 Å². The van der Waals surface area contributed by atoms with Crippen LogP contribution in [-0.4, -0.2) is 30.5 Å². The second-order valence-corrected chi connectivity index (χ2v) is 6.57. The van der Waals surface area contributed by atoms with Gasteiger partial charge >= 0.3 is 0 Å². The zero-order valence-electron chi connectivity index (χ0n) is 12.9. The van der Waals surface area contributed by atoms with Crippen LogP contribution in [0.15, 0.2) is 4.52 Å². The first-order chi connectivity index (χ1) is 10.1. The maximum Gasteiger partial charge on any atom is 0.247 e. The van der Waals surface area contributed by atoms with Crippen LogP contribution >= 0.6 is 0 Å². The number of nitrogens with two attached hydrogens (primary N) is 1. The van der Waals surface area contributed by atoms with Crippen LogP contribution in [0.2, 0.25) is 0 Å². The summed E-state index contributed by atoms with van der Waals surface area (Å²) in [5.74, 6) is 1.91. The van der Waals surface area contributed by atoms with Gasteiger partial charge in [0.1, 0.15) is 11.1 Å². The zero-order valence-corrected chi connectivity index (χ0v) is 12.9. The van der Waals surface area contributed by atoms with E-state index in [4.69, 9.17) is 19.7 Å². The lowest BCUT2D eigenvalue weighted by Gasteiger charge is -2.35. The van der Waals surface area contributed by atoms with Gasteiger partial charge in [-0.15, -0.1) is 0 Å². The summed E-state index contributed by atoms with van der Waals surface area (Å²) in [6.07, 6.45) is 5.55. The first-order valence-corrected chi connectivity index (χ1v) is 7.84. The van der Waals surface area contributed by atoms with Crippen molar-refractivity contribution in [2.75, 3.05) is 20.3 Å². The lowest BCUT2D eigenvalue weighted by atomic mass is 9.79. The Morgan fingerprint density at radius 2 is 1.86 bits per heavy atom. The van der Waals surface area contributed by atoms with Gasteiger partial charge in [0.05, 0.1) is 0 Å². The van der Waals surface area contributed by atoms with E-state index in [0.717, 1.165) is 31.6 Å². The molecule has 3 rings (SSSR count). The average molecular weight is 295 g/mol. The molecule has 0 atom stereocenters. The van der Waals surface area contributed by atoms with E-state index in [1.807, 2.05) is 0 Å². The molecule has 6 nitrogen and oxygen atoms in total. The van der Waals surface area contributed by atoms with Gasteiger partial charge in [-0.2, -0.15) is 4.98 Å². The Morgan fingerprint density at radius 3 is 2.48 bits per heavy atom. The molecule has 118 valence electrons. The summed E-state index contributed by atoms with van der Waals surface area (Å²) < 4.78 is 16.7. The van der Waals surface area contributed by atoms with Gasteiger partial charge in [-0.05, 0) is 44.4 Å². The van der Waals surface area contributed by atoms with E-state index in [2.05, 4.69) is 17.1 Å². The van der Waals surface area contributed by atoms with Crippen molar-refractivity contribution in [3.8, 4) is 0 Å². The second kappa shape index (κ2) is 5.66. The van der Waals surface area contributed by atoms with E-state index in [0.29, 0.717) is 37.8 Å². The van der Waals surface area contributed by atoms with E-state index in [1.54, 1.807) is 7.11 Å². The third kappa shape index (κ3) is 2.72. The molecule has 2 fully saturated rings. The van der Waals surface area contributed by atoms with Crippen molar-refractivity contribution >= 4 is 0 Å². The van der Waals surface area contributed by atoms with Gasteiger partial charge in [-0.25, -0.2) is 0 Å². The number of hydrogen-bond acceptors (Lipinski definition) is 6. The highest BCUT2D eigenvalue weighted by atomic mass is 16.5. The standard InChI is InChI=1S/C15H25N3O3/c1-11-3-5-15(19-2,6-4-11)12-17-13(21-18-12)14(16)7-9-20-10-8-14/h11H,3-10,16H2,1-2H3. The predicted molar refractivity (Wildman–Crippen MR) is 76.5 cm³/mol. The molecule has 1 saturated heterocycles. The Hall–Kier alpha value is -0.980. The van der Waals surface area contributed by atoms with Crippen molar-refractivity contribution in [2.45, 2.75) is 56.6 Å². The molecular weight excluding hydrogens is 270 g/mol. The Balaban J connectivity index is 1.83. The van der Waals surface area contributed by atoms with Gasteiger partial charge in [0.2, 0.25) is 11.7 Å². The highest BCUT2D eigenvalue weighted by Crippen LogP contribution is 2.41. The van der Waals surface area contributed by atoms with Gasteiger partial charge in [-0.1, -0.05) is 12.1 Å². The van der Waals surface area contributed by atoms with Gasteiger partial charge in [0.25, 0.3) is 0 Å². The summed E-state index contributed by atoms with van der Waals surface area (Å²) in [4.78, 5) is 4.61. The number of rotatable bonds is 3. The van der Waals surface area contributed by atoms with Crippen LogP contribution < -0.4 is 5.73 Å². The van der Waals surface area contributed by atoms with Crippen molar-refractivity contribution in [1.82, 2.24) is 10.1 Å². The largest absolute Gasteiger partial charge is 0.381 e. The molecule has 0 bridgehead atoms. The predicted octanol–water partition coefficient (Wildman–Crippen LogP) is 2.09. The van der Waals surface area contributed by atoms with Crippen LogP contribution in [0.4, 0.5) is 0 Å². The number of hydrogen-bond donors (Lipinski definition) is 1. The number of methoxy groups -OCH3 is 1. The molecule has 0 spiro atoms. The summed E-state index contributed by atoms with van der Waals surface area (Å²) in [6, 6.07) is 0. The fraction of sp³-hybridized carbons (Fsp3) is 0.867. The molecule has 1 aliphatic heterocycles. The maximum absolute atomic E-state index is 6.41. The first-order valence-electron chi connectivity index (χ1n) is 7.84. The molecule has 0 unspecified atom stereocenters. The molecule has 1 aromatic rings. The summed E-state index contributed by atoms with van der Waals surface area (Å²) in [5.41, 5.74) is 5.45. The number of ether oxygens (including phenoxy) is 2. The molecule has 0 radical (unpaired) electrons. The Bertz CT molecular complexity index is 474. The van der Waals surface area contributed by atoms with Crippen molar-refractivity contribution in [1.29, 1.82) is 0 Å². The highest BCUT2D eigenvalue weighted by Gasteiger charge is 2.43. The lowest BCUT2D eigenvalue weighted by molar-refractivity contribution is -0.0609. The fourth-order valence-corrected chi connectivity index (χ4v) is 3.31.